The van der Waals surface area contributed by atoms with Crippen LogP contribution >= 0.6 is 0 Å². The van der Waals surface area contributed by atoms with Crippen molar-refractivity contribution in [3.8, 4) is 0 Å². The number of alkyl halides is 3. The summed E-state index contributed by atoms with van der Waals surface area (Å²) in [5.74, 6) is 0. The fourth-order valence-corrected chi connectivity index (χ4v) is 3.82. The number of hydrogen-bond acceptors (Lipinski definition) is 5. The molecule has 0 aliphatic carbocycles. The summed E-state index contributed by atoms with van der Waals surface area (Å²) < 4.78 is 38.6. The first-order valence-electron chi connectivity index (χ1n) is 8.86. The summed E-state index contributed by atoms with van der Waals surface area (Å²) in [4.78, 5) is 17.2. The van der Waals surface area contributed by atoms with Crippen molar-refractivity contribution >= 4 is 11.4 Å². The minimum atomic E-state index is -4.59. The Labute approximate surface area is 150 Å². The highest BCUT2D eigenvalue weighted by Crippen LogP contribution is 2.37. The summed E-state index contributed by atoms with van der Waals surface area (Å²) >= 11 is 0. The van der Waals surface area contributed by atoms with Crippen molar-refractivity contribution in [1.82, 2.24) is 9.80 Å². The Kier molecular flexibility index (Phi) is 5.38. The lowest BCUT2D eigenvalue weighted by Crippen LogP contribution is -2.50. The van der Waals surface area contributed by atoms with Gasteiger partial charge in [0, 0.05) is 51.4 Å². The lowest BCUT2D eigenvalue weighted by molar-refractivity contribution is -0.384. The van der Waals surface area contributed by atoms with Gasteiger partial charge >= 0.3 is 6.18 Å². The number of hydrogen-bond donors (Lipinski definition) is 0. The highest BCUT2D eigenvalue weighted by Gasteiger charge is 2.36. The molecular weight excluding hydrogens is 349 g/mol. The van der Waals surface area contributed by atoms with Gasteiger partial charge in [0.15, 0.2) is 0 Å². The molecule has 6 nitrogen and oxygen atoms in total. The lowest BCUT2D eigenvalue weighted by Gasteiger charge is -2.37. The molecule has 1 aromatic rings. The van der Waals surface area contributed by atoms with Crippen LogP contribution in [0.15, 0.2) is 18.2 Å². The Morgan fingerprint density at radius 2 is 1.88 bits per heavy atom. The molecule has 3 rings (SSSR count). The zero-order valence-electron chi connectivity index (χ0n) is 14.7. The van der Waals surface area contributed by atoms with E-state index in [1.54, 1.807) is 0 Å². The highest BCUT2D eigenvalue weighted by atomic mass is 19.4. The van der Waals surface area contributed by atoms with Crippen LogP contribution in [0.3, 0.4) is 0 Å². The van der Waals surface area contributed by atoms with Crippen LogP contribution in [0.1, 0.15) is 18.9 Å². The van der Waals surface area contributed by atoms with Crippen molar-refractivity contribution in [2.45, 2.75) is 25.6 Å². The van der Waals surface area contributed by atoms with Gasteiger partial charge in [0.1, 0.15) is 5.69 Å². The molecule has 0 spiro atoms. The molecule has 0 bridgehead atoms. The number of benzene rings is 1. The van der Waals surface area contributed by atoms with Crippen molar-refractivity contribution in [2.24, 2.45) is 0 Å². The number of nitro benzene ring substituents is 1. The number of nitrogens with zero attached hydrogens (tertiary/aromatic N) is 4. The number of rotatable bonds is 4. The Bertz CT molecular complexity index is 660. The van der Waals surface area contributed by atoms with E-state index in [0.717, 1.165) is 45.2 Å². The SMILES string of the molecule is CCN1CCN(C2CCN(c3ccc(C(F)(F)F)cc3[N+](=O)[O-])C2)CC1. The van der Waals surface area contributed by atoms with Crippen LogP contribution in [0, 0.1) is 10.1 Å². The largest absolute Gasteiger partial charge is 0.416 e. The second-order valence-electron chi connectivity index (χ2n) is 6.82. The molecule has 26 heavy (non-hydrogen) atoms. The Morgan fingerprint density at radius 3 is 2.46 bits per heavy atom. The topological polar surface area (TPSA) is 52.9 Å². The van der Waals surface area contributed by atoms with E-state index < -0.39 is 22.4 Å². The lowest BCUT2D eigenvalue weighted by atomic mass is 10.1. The van der Waals surface area contributed by atoms with Crippen molar-refractivity contribution in [1.29, 1.82) is 0 Å². The molecule has 0 amide bonds. The molecule has 0 aromatic heterocycles. The van der Waals surface area contributed by atoms with Gasteiger partial charge in [-0.15, -0.1) is 0 Å². The third-order valence-corrected chi connectivity index (χ3v) is 5.37. The van der Waals surface area contributed by atoms with Crippen LogP contribution < -0.4 is 4.90 Å². The van der Waals surface area contributed by atoms with E-state index in [1.807, 2.05) is 4.90 Å². The van der Waals surface area contributed by atoms with Gasteiger partial charge in [0.2, 0.25) is 0 Å². The van der Waals surface area contributed by atoms with Crippen molar-refractivity contribution < 1.29 is 18.1 Å². The molecule has 0 N–H and O–H groups in total. The van der Waals surface area contributed by atoms with Crippen LogP contribution in [-0.2, 0) is 6.18 Å². The zero-order chi connectivity index (χ0) is 18.9. The Balaban J connectivity index is 1.73. The Hall–Kier alpha value is -1.87. The van der Waals surface area contributed by atoms with E-state index in [-0.39, 0.29) is 11.7 Å². The molecule has 0 saturated carbocycles. The van der Waals surface area contributed by atoms with Crippen molar-refractivity contribution in [3.05, 3.63) is 33.9 Å². The van der Waals surface area contributed by atoms with E-state index in [0.29, 0.717) is 19.2 Å². The first kappa shape index (κ1) is 18.9. The van der Waals surface area contributed by atoms with Gasteiger partial charge in [-0.2, -0.15) is 13.2 Å². The maximum Gasteiger partial charge on any atom is 0.416 e. The summed E-state index contributed by atoms with van der Waals surface area (Å²) in [6.07, 6.45) is -3.72. The third kappa shape index (κ3) is 3.93. The van der Waals surface area contributed by atoms with E-state index in [2.05, 4.69) is 16.7 Å². The third-order valence-electron chi connectivity index (χ3n) is 5.37. The van der Waals surface area contributed by atoms with Gasteiger partial charge in [0.25, 0.3) is 5.69 Å². The molecular formula is C17H23F3N4O2. The zero-order valence-corrected chi connectivity index (χ0v) is 14.7. The number of piperazine rings is 1. The van der Waals surface area contributed by atoms with Gasteiger partial charge in [-0.3, -0.25) is 15.0 Å². The minimum absolute atomic E-state index is 0.276. The smallest absolute Gasteiger partial charge is 0.364 e. The number of anilines is 1. The normalized spacial score (nSPS) is 22.8. The molecule has 2 fully saturated rings. The molecule has 2 aliphatic rings. The predicted octanol–water partition coefficient (Wildman–Crippen LogP) is 2.83. The average Bonchev–Trinajstić information content (AvgIpc) is 3.10. The second kappa shape index (κ2) is 7.40. The maximum absolute atomic E-state index is 12.9. The average molecular weight is 372 g/mol. The van der Waals surface area contributed by atoms with Crippen molar-refractivity contribution in [2.75, 3.05) is 50.7 Å². The second-order valence-corrected chi connectivity index (χ2v) is 6.82. The van der Waals surface area contributed by atoms with Crippen LogP contribution in [0.4, 0.5) is 24.5 Å². The van der Waals surface area contributed by atoms with Crippen LogP contribution in [0.5, 0.6) is 0 Å². The number of likely N-dealkylation sites (N-methyl/N-ethyl adjacent to an activating group) is 1. The molecule has 1 unspecified atom stereocenters. The summed E-state index contributed by atoms with van der Waals surface area (Å²) in [7, 11) is 0. The highest BCUT2D eigenvalue weighted by molar-refractivity contribution is 5.65. The summed E-state index contributed by atoms with van der Waals surface area (Å²) in [5, 5.41) is 11.3. The van der Waals surface area contributed by atoms with E-state index in [4.69, 9.17) is 0 Å². The fraction of sp³-hybridized carbons (Fsp3) is 0.647. The first-order chi connectivity index (χ1) is 12.3. The maximum atomic E-state index is 12.9. The standard InChI is InChI=1S/C17H23F3N4O2/c1-2-21-7-9-22(10-8-21)14-5-6-23(12-14)15-4-3-13(17(18,19)20)11-16(15)24(25)26/h3-4,11,14H,2,5-10,12H2,1H3. The van der Waals surface area contributed by atoms with E-state index in [9.17, 15) is 23.3 Å². The van der Waals surface area contributed by atoms with E-state index >= 15 is 0 Å². The quantitative estimate of drug-likeness (QED) is 0.601. The van der Waals surface area contributed by atoms with Crippen LogP contribution in [0.2, 0.25) is 0 Å². The van der Waals surface area contributed by atoms with Gasteiger partial charge in [-0.1, -0.05) is 6.92 Å². The van der Waals surface area contributed by atoms with Gasteiger partial charge in [0.05, 0.1) is 10.5 Å². The minimum Gasteiger partial charge on any atom is -0.364 e. The van der Waals surface area contributed by atoms with E-state index in [1.165, 1.54) is 6.07 Å². The molecule has 2 aliphatic heterocycles. The van der Waals surface area contributed by atoms with Gasteiger partial charge in [-0.25, -0.2) is 0 Å². The molecule has 1 aromatic carbocycles. The Morgan fingerprint density at radius 1 is 1.19 bits per heavy atom. The molecule has 2 heterocycles. The summed E-state index contributed by atoms with van der Waals surface area (Å²) in [6.45, 7) is 8.33. The molecule has 1 atom stereocenters. The van der Waals surface area contributed by atoms with Gasteiger partial charge in [-0.05, 0) is 25.1 Å². The summed E-state index contributed by atoms with van der Waals surface area (Å²) in [5.41, 5.74) is -1.19. The molecule has 9 heteroatoms. The molecule has 144 valence electrons. The number of nitro groups is 1. The van der Waals surface area contributed by atoms with Crippen LogP contribution in [0.25, 0.3) is 0 Å². The summed E-state index contributed by atoms with van der Waals surface area (Å²) in [6, 6.07) is 3.09. The number of halogens is 3. The fourth-order valence-electron chi connectivity index (χ4n) is 3.82. The molecule has 2 saturated heterocycles. The predicted molar refractivity (Wildman–Crippen MR) is 92.4 cm³/mol. The first-order valence-corrected chi connectivity index (χ1v) is 8.86. The van der Waals surface area contributed by atoms with Gasteiger partial charge < -0.3 is 9.80 Å². The van der Waals surface area contributed by atoms with Crippen LogP contribution in [-0.4, -0.2) is 66.6 Å². The molecule has 0 radical (unpaired) electrons. The van der Waals surface area contributed by atoms with Crippen molar-refractivity contribution in [3.63, 3.8) is 0 Å². The monoisotopic (exact) mass is 372 g/mol.